The van der Waals surface area contributed by atoms with E-state index in [1.165, 1.54) is 7.11 Å². The highest BCUT2D eigenvalue weighted by molar-refractivity contribution is 6.07. The number of rotatable bonds is 10. The first kappa shape index (κ1) is 23.0. The van der Waals surface area contributed by atoms with E-state index in [1.54, 1.807) is 50.6 Å². The molecule has 8 nitrogen and oxygen atoms in total. The zero-order valence-electron chi connectivity index (χ0n) is 18.1. The molecule has 0 fully saturated rings. The van der Waals surface area contributed by atoms with Crippen molar-refractivity contribution >= 4 is 23.2 Å². The Morgan fingerprint density at radius 3 is 2.33 bits per heavy atom. The third kappa shape index (κ3) is 5.87. The highest BCUT2D eigenvalue weighted by Gasteiger charge is 2.17. The predicted octanol–water partition coefficient (Wildman–Crippen LogP) is 2.79. The van der Waals surface area contributed by atoms with Crippen molar-refractivity contribution in [2.45, 2.75) is 6.42 Å². The molecule has 0 aromatic heterocycles. The van der Waals surface area contributed by atoms with Gasteiger partial charge in [-0.15, -0.1) is 0 Å². The number of benzene rings is 2. The Labute approximate surface area is 177 Å². The SMILES string of the molecule is COCCCNC(=O)c1cc(NC(=O)c2ccc(OC)cc2OC)ccc1N(C)C. The molecule has 2 N–H and O–H groups in total. The van der Waals surface area contributed by atoms with Crippen molar-refractivity contribution in [1.82, 2.24) is 5.32 Å². The molecule has 0 radical (unpaired) electrons. The maximum absolute atomic E-state index is 12.8. The second kappa shape index (κ2) is 11.1. The van der Waals surface area contributed by atoms with Crippen LogP contribution >= 0.6 is 0 Å². The maximum atomic E-state index is 12.8. The van der Waals surface area contributed by atoms with Crippen LogP contribution in [0.5, 0.6) is 11.5 Å². The van der Waals surface area contributed by atoms with Crippen LogP contribution in [-0.2, 0) is 4.74 Å². The van der Waals surface area contributed by atoms with Gasteiger partial charge in [-0.25, -0.2) is 0 Å². The number of hydrogen-bond donors (Lipinski definition) is 2. The van der Waals surface area contributed by atoms with Gasteiger partial charge in [-0.05, 0) is 36.8 Å². The summed E-state index contributed by atoms with van der Waals surface area (Å²) in [5.41, 5.74) is 2.09. The summed E-state index contributed by atoms with van der Waals surface area (Å²) in [4.78, 5) is 27.3. The van der Waals surface area contributed by atoms with E-state index in [9.17, 15) is 9.59 Å². The van der Waals surface area contributed by atoms with Gasteiger partial charge in [0.25, 0.3) is 11.8 Å². The molecule has 2 amide bonds. The number of carbonyl (C=O) groups is 2. The van der Waals surface area contributed by atoms with Crippen LogP contribution in [0, 0.1) is 0 Å². The third-order valence-electron chi connectivity index (χ3n) is 4.44. The Morgan fingerprint density at radius 1 is 0.933 bits per heavy atom. The van der Waals surface area contributed by atoms with Gasteiger partial charge in [0.15, 0.2) is 0 Å². The lowest BCUT2D eigenvalue weighted by Gasteiger charge is -2.19. The van der Waals surface area contributed by atoms with Crippen molar-refractivity contribution in [2.75, 3.05) is 58.8 Å². The van der Waals surface area contributed by atoms with Gasteiger partial charge in [-0.3, -0.25) is 9.59 Å². The van der Waals surface area contributed by atoms with Gasteiger partial charge < -0.3 is 29.7 Å². The van der Waals surface area contributed by atoms with Gasteiger partial charge in [0.05, 0.1) is 25.3 Å². The maximum Gasteiger partial charge on any atom is 0.259 e. The molecule has 0 aliphatic rings. The number of nitrogens with zero attached hydrogens (tertiary/aromatic N) is 1. The standard InChI is InChI=1S/C22H29N3O5/c1-25(2)19-10-7-15(13-18(19)21(26)23-11-6-12-28-3)24-22(27)17-9-8-16(29-4)14-20(17)30-5/h7-10,13-14H,6,11-12H2,1-5H3,(H,23,26)(H,24,27). The molecule has 8 heteroatoms. The number of methoxy groups -OCH3 is 3. The van der Waals surface area contributed by atoms with E-state index in [0.717, 1.165) is 5.69 Å². The summed E-state index contributed by atoms with van der Waals surface area (Å²) >= 11 is 0. The summed E-state index contributed by atoms with van der Waals surface area (Å²) in [5.74, 6) is 0.422. The second-order valence-corrected chi connectivity index (χ2v) is 6.75. The molecular weight excluding hydrogens is 386 g/mol. The Morgan fingerprint density at radius 2 is 1.70 bits per heavy atom. The smallest absolute Gasteiger partial charge is 0.259 e. The molecule has 0 heterocycles. The van der Waals surface area contributed by atoms with Gasteiger partial charge in [0.2, 0.25) is 0 Å². The van der Waals surface area contributed by atoms with E-state index >= 15 is 0 Å². The summed E-state index contributed by atoms with van der Waals surface area (Å²) in [6.07, 6.45) is 0.716. The zero-order chi connectivity index (χ0) is 22.1. The van der Waals surface area contributed by atoms with E-state index < -0.39 is 0 Å². The zero-order valence-corrected chi connectivity index (χ0v) is 18.1. The summed E-state index contributed by atoms with van der Waals surface area (Å²) in [7, 11) is 8.37. The van der Waals surface area contributed by atoms with Crippen LogP contribution in [0.15, 0.2) is 36.4 Å². The van der Waals surface area contributed by atoms with Gasteiger partial charge in [-0.1, -0.05) is 0 Å². The van der Waals surface area contributed by atoms with Crippen molar-refractivity contribution < 1.29 is 23.8 Å². The summed E-state index contributed by atoms with van der Waals surface area (Å²) in [5, 5.41) is 5.71. The molecule has 2 aromatic rings. The molecule has 0 aliphatic carbocycles. The number of ether oxygens (including phenoxy) is 3. The molecule has 0 saturated heterocycles. The van der Waals surface area contributed by atoms with E-state index in [4.69, 9.17) is 14.2 Å². The number of carbonyl (C=O) groups excluding carboxylic acids is 2. The van der Waals surface area contributed by atoms with Crippen LogP contribution in [0.25, 0.3) is 0 Å². The number of hydrogen-bond acceptors (Lipinski definition) is 6. The lowest BCUT2D eigenvalue weighted by molar-refractivity contribution is 0.0947. The molecular formula is C22H29N3O5. The van der Waals surface area contributed by atoms with Gasteiger partial charge in [0.1, 0.15) is 11.5 Å². The van der Waals surface area contributed by atoms with Crippen molar-refractivity contribution in [3.05, 3.63) is 47.5 Å². The van der Waals surface area contributed by atoms with Gasteiger partial charge in [-0.2, -0.15) is 0 Å². The fourth-order valence-corrected chi connectivity index (χ4v) is 2.88. The predicted molar refractivity (Wildman–Crippen MR) is 117 cm³/mol. The highest BCUT2D eigenvalue weighted by Crippen LogP contribution is 2.27. The quantitative estimate of drug-likeness (QED) is 0.580. The molecule has 0 unspecified atom stereocenters. The van der Waals surface area contributed by atoms with Crippen LogP contribution in [0.4, 0.5) is 11.4 Å². The first-order chi connectivity index (χ1) is 14.4. The van der Waals surface area contributed by atoms with Crippen LogP contribution in [-0.4, -0.2) is 60.4 Å². The van der Waals surface area contributed by atoms with Gasteiger partial charge >= 0.3 is 0 Å². The highest BCUT2D eigenvalue weighted by atomic mass is 16.5. The minimum absolute atomic E-state index is 0.215. The first-order valence-electron chi connectivity index (χ1n) is 9.53. The molecule has 30 heavy (non-hydrogen) atoms. The van der Waals surface area contributed by atoms with Crippen LogP contribution in [0.3, 0.4) is 0 Å². The van der Waals surface area contributed by atoms with E-state index in [1.807, 2.05) is 19.0 Å². The van der Waals surface area contributed by atoms with Crippen molar-refractivity contribution in [2.24, 2.45) is 0 Å². The molecule has 2 aromatic carbocycles. The van der Waals surface area contributed by atoms with Crippen LogP contribution in [0.2, 0.25) is 0 Å². The lowest BCUT2D eigenvalue weighted by atomic mass is 10.1. The Bertz CT molecular complexity index is 883. The lowest BCUT2D eigenvalue weighted by Crippen LogP contribution is -2.27. The van der Waals surface area contributed by atoms with Crippen LogP contribution < -0.4 is 25.0 Å². The van der Waals surface area contributed by atoms with E-state index in [0.29, 0.717) is 47.9 Å². The second-order valence-electron chi connectivity index (χ2n) is 6.75. The summed E-state index contributed by atoms with van der Waals surface area (Å²) in [6, 6.07) is 10.2. The average molecular weight is 415 g/mol. The van der Waals surface area contributed by atoms with Gasteiger partial charge in [0, 0.05) is 51.8 Å². The number of anilines is 2. The number of nitrogens with one attached hydrogen (secondary N) is 2. The fourth-order valence-electron chi connectivity index (χ4n) is 2.88. The molecule has 0 spiro atoms. The monoisotopic (exact) mass is 415 g/mol. The normalized spacial score (nSPS) is 10.3. The summed E-state index contributed by atoms with van der Waals surface area (Å²) < 4.78 is 15.5. The summed E-state index contributed by atoms with van der Waals surface area (Å²) in [6.45, 7) is 1.07. The van der Waals surface area contributed by atoms with Crippen molar-refractivity contribution in [3.63, 3.8) is 0 Å². The first-order valence-corrected chi connectivity index (χ1v) is 9.53. The minimum atomic E-state index is -0.349. The molecule has 0 atom stereocenters. The topological polar surface area (TPSA) is 89.1 Å². The number of amides is 2. The van der Waals surface area contributed by atoms with E-state index in [2.05, 4.69) is 10.6 Å². The van der Waals surface area contributed by atoms with Crippen LogP contribution in [0.1, 0.15) is 27.1 Å². The Balaban J connectivity index is 2.24. The molecule has 0 bridgehead atoms. The minimum Gasteiger partial charge on any atom is -0.497 e. The Hall–Kier alpha value is -3.26. The Kier molecular flexibility index (Phi) is 8.49. The molecule has 0 saturated carbocycles. The van der Waals surface area contributed by atoms with Crippen molar-refractivity contribution in [1.29, 1.82) is 0 Å². The third-order valence-corrected chi connectivity index (χ3v) is 4.44. The largest absolute Gasteiger partial charge is 0.497 e. The molecule has 162 valence electrons. The van der Waals surface area contributed by atoms with Crippen molar-refractivity contribution in [3.8, 4) is 11.5 Å². The fraction of sp³-hybridized carbons (Fsp3) is 0.364. The average Bonchev–Trinajstić information content (AvgIpc) is 2.75. The van der Waals surface area contributed by atoms with E-state index in [-0.39, 0.29) is 11.8 Å². The molecule has 2 rings (SSSR count). The molecule has 0 aliphatic heterocycles.